The van der Waals surface area contributed by atoms with Gasteiger partial charge in [-0.3, -0.25) is 4.90 Å². The Balaban J connectivity index is 1.97. The molecule has 0 radical (unpaired) electrons. The minimum absolute atomic E-state index is 0.193. The molecule has 1 N–H and O–H groups in total. The van der Waals surface area contributed by atoms with Crippen LogP contribution in [0, 0.1) is 6.92 Å². The molecule has 0 saturated carbocycles. The van der Waals surface area contributed by atoms with Crippen molar-refractivity contribution in [3.8, 4) is 0 Å². The summed E-state index contributed by atoms with van der Waals surface area (Å²) in [5.74, 6) is -0.302. The van der Waals surface area contributed by atoms with Crippen molar-refractivity contribution in [2.45, 2.75) is 20.0 Å². The van der Waals surface area contributed by atoms with Gasteiger partial charge in [-0.2, -0.15) is 0 Å². The fourth-order valence-corrected chi connectivity index (χ4v) is 2.02. The molecule has 0 spiro atoms. The summed E-state index contributed by atoms with van der Waals surface area (Å²) in [6.07, 6.45) is 1.28. The molecule has 0 saturated heterocycles. The normalized spacial score (nSPS) is 10.9. The molecule has 19 heavy (non-hydrogen) atoms. The number of aryl methyl sites for hydroxylation is 1. The Morgan fingerprint density at radius 3 is 2.74 bits per heavy atom. The van der Waals surface area contributed by atoms with Gasteiger partial charge in [-0.25, -0.2) is 4.79 Å². The van der Waals surface area contributed by atoms with Crippen molar-refractivity contribution in [3.63, 3.8) is 0 Å². The molecular formula is C15H17NO3. The average Bonchev–Trinajstić information content (AvgIpc) is 2.77. The Morgan fingerprint density at radius 1 is 1.32 bits per heavy atom. The lowest BCUT2D eigenvalue weighted by atomic mass is 10.1. The van der Waals surface area contributed by atoms with Crippen molar-refractivity contribution in [2.75, 3.05) is 7.05 Å². The zero-order valence-electron chi connectivity index (χ0n) is 11.1. The van der Waals surface area contributed by atoms with E-state index in [4.69, 9.17) is 9.52 Å². The summed E-state index contributed by atoms with van der Waals surface area (Å²) in [5, 5.41) is 8.82. The van der Waals surface area contributed by atoms with Gasteiger partial charge in [-0.05, 0) is 25.6 Å². The predicted molar refractivity (Wildman–Crippen MR) is 72.0 cm³/mol. The van der Waals surface area contributed by atoms with E-state index >= 15 is 0 Å². The molecule has 1 aromatic carbocycles. The lowest BCUT2D eigenvalue weighted by Crippen LogP contribution is -2.16. The number of carboxylic acid groups (broad SMARTS) is 1. The molecule has 0 aliphatic carbocycles. The lowest BCUT2D eigenvalue weighted by Gasteiger charge is -2.15. The van der Waals surface area contributed by atoms with Gasteiger partial charge in [0.05, 0.1) is 12.1 Å². The maximum Gasteiger partial charge on any atom is 0.338 e. The second-order valence-electron chi connectivity index (χ2n) is 4.77. The molecule has 1 aromatic heterocycles. The van der Waals surface area contributed by atoms with Crippen LogP contribution in [-0.4, -0.2) is 23.0 Å². The van der Waals surface area contributed by atoms with Gasteiger partial charge in [0.15, 0.2) is 0 Å². The molecule has 1 heterocycles. The van der Waals surface area contributed by atoms with E-state index in [-0.39, 0.29) is 5.56 Å². The number of aromatic carboxylic acids is 1. The van der Waals surface area contributed by atoms with Crippen LogP contribution in [0.15, 0.2) is 41.0 Å². The highest BCUT2D eigenvalue weighted by Crippen LogP contribution is 2.12. The predicted octanol–water partition coefficient (Wildman–Crippen LogP) is 2.92. The van der Waals surface area contributed by atoms with Crippen LogP contribution in [0.2, 0.25) is 0 Å². The lowest BCUT2D eigenvalue weighted by molar-refractivity contribution is 0.0696. The van der Waals surface area contributed by atoms with E-state index < -0.39 is 5.97 Å². The van der Waals surface area contributed by atoms with E-state index in [1.54, 1.807) is 6.07 Å². The Kier molecular flexibility index (Phi) is 4.02. The first-order valence-electron chi connectivity index (χ1n) is 6.09. The summed E-state index contributed by atoms with van der Waals surface area (Å²) >= 11 is 0. The molecule has 0 amide bonds. The average molecular weight is 259 g/mol. The molecule has 2 aromatic rings. The highest BCUT2D eigenvalue weighted by Gasteiger charge is 2.10. The van der Waals surface area contributed by atoms with Crippen molar-refractivity contribution in [2.24, 2.45) is 0 Å². The third kappa shape index (κ3) is 3.69. The zero-order chi connectivity index (χ0) is 13.8. The first kappa shape index (κ1) is 13.4. The third-order valence-corrected chi connectivity index (χ3v) is 2.86. The van der Waals surface area contributed by atoms with Crippen LogP contribution in [0.5, 0.6) is 0 Å². The number of rotatable bonds is 5. The molecule has 0 aliphatic rings. The summed E-state index contributed by atoms with van der Waals surface area (Å²) in [4.78, 5) is 12.8. The quantitative estimate of drug-likeness (QED) is 0.897. The molecule has 4 heteroatoms. The highest BCUT2D eigenvalue weighted by molar-refractivity contribution is 5.87. The second-order valence-corrected chi connectivity index (χ2v) is 4.77. The molecular weight excluding hydrogens is 242 g/mol. The number of hydrogen-bond donors (Lipinski definition) is 1. The SMILES string of the molecule is Cc1cccc(CN(C)Cc2cc(C(=O)O)co2)c1. The van der Waals surface area contributed by atoms with Gasteiger partial charge in [0.25, 0.3) is 0 Å². The van der Waals surface area contributed by atoms with Crippen molar-refractivity contribution in [1.82, 2.24) is 4.90 Å². The monoisotopic (exact) mass is 259 g/mol. The Morgan fingerprint density at radius 2 is 2.11 bits per heavy atom. The van der Waals surface area contributed by atoms with Crippen LogP contribution in [0.1, 0.15) is 27.2 Å². The van der Waals surface area contributed by atoms with Crippen molar-refractivity contribution in [3.05, 3.63) is 59.0 Å². The third-order valence-electron chi connectivity index (χ3n) is 2.86. The Labute approximate surface area is 112 Å². The number of hydrogen-bond acceptors (Lipinski definition) is 3. The smallest absolute Gasteiger partial charge is 0.338 e. The van der Waals surface area contributed by atoms with Crippen LogP contribution in [0.4, 0.5) is 0 Å². The van der Waals surface area contributed by atoms with Crippen molar-refractivity contribution in [1.29, 1.82) is 0 Å². The van der Waals surface area contributed by atoms with Gasteiger partial charge in [-0.1, -0.05) is 29.8 Å². The maximum atomic E-state index is 10.8. The summed E-state index contributed by atoms with van der Waals surface area (Å²) < 4.78 is 5.24. The zero-order valence-corrected chi connectivity index (χ0v) is 11.1. The van der Waals surface area contributed by atoms with E-state index in [1.165, 1.54) is 17.4 Å². The van der Waals surface area contributed by atoms with Crippen LogP contribution in [0.25, 0.3) is 0 Å². The van der Waals surface area contributed by atoms with Gasteiger partial charge in [0, 0.05) is 6.54 Å². The summed E-state index contributed by atoms with van der Waals surface area (Å²) in [7, 11) is 1.98. The first-order valence-corrected chi connectivity index (χ1v) is 6.09. The molecule has 2 rings (SSSR count). The molecule has 4 nitrogen and oxygen atoms in total. The molecule has 0 unspecified atom stereocenters. The van der Waals surface area contributed by atoms with Crippen LogP contribution in [-0.2, 0) is 13.1 Å². The standard InChI is InChI=1S/C15H17NO3/c1-11-4-3-5-12(6-11)8-16(2)9-14-7-13(10-19-14)15(17)18/h3-7,10H,8-9H2,1-2H3,(H,17,18). The van der Waals surface area contributed by atoms with E-state index in [9.17, 15) is 4.79 Å². The first-order chi connectivity index (χ1) is 9.04. The van der Waals surface area contributed by atoms with E-state index in [0.717, 1.165) is 6.54 Å². The van der Waals surface area contributed by atoms with Crippen LogP contribution >= 0.6 is 0 Å². The molecule has 0 aliphatic heterocycles. The van der Waals surface area contributed by atoms with E-state index in [2.05, 4.69) is 30.0 Å². The van der Waals surface area contributed by atoms with Gasteiger partial charge in [-0.15, -0.1) is 0 Å². The van der Waals surface area contributed by atoms with E-state index in [0.29, 0.717) is 12.3 Å². The Bertz CT molecular complexity index is 574. The fraction of sp³-hybridized carbons (Fsp3) is 0.267. The maximum absolute atomic E-state index is 10.8. The number of benzene rings is 1. The van der Waals surface area contributed by atoms with Crippen LogP contribution in [0.3, 0.4) is 0 Å². The second kappa shape index (κ2) is 5.71. The number of nitrogens with zero attached hydrogens (tertiary/aromatic N) is 1. The molecule has 100 valence electrons. The number of carboxylic acids is 1. The summed E-state index contributed by atoms with van der Waals surface area (Å²) in [6, 6.07) is 9.88. The van der Waals surface area contributed by atoms with Crippen LogP contribution < -0.4 is 0 Å². The minimum atomic E-state index is -0.962. The van der Waals surface area contributed by atoms with Gasteiger partial charge in [0.1, 0.15) is 12.0 Å². The van der Waals surface area contributed by atoms with E-state index in [1.807, 2.05) is 13.1 Å². The molecule has 0 bridgehead atoms. The van der Waals surface area contributed by atoms with Crippen molar-refractivity contribution < 1.29 is 14.3 Å². The topological polar surface area (TPSA) is 53.7 Å². The minimum Gasteiger partial charge on any atom is -0.478 e. The summed E-state index contributed by atoms with van der Waals surface area (Å²) in [6.45, 7) is 3.45. The van der Waals surface area contributed by atoms with Gasteiger partial charge >= 0.3 is 5.97 Å². The van der Waals surface area contributed by atoms with Gasteiger partial charge < -0.3 is 9.52 Å². The molecule has 0 fully saturated rings. The molecule has 0 atom stereocenters. The number of carbonyl (C=O) groups is 1. The Hall–Kier alpha value is -2.07. The van der Waals surface area contributed by atoms with Crippen molar-refractivity contribution >= 4 is 5.97 Å². The fourth-order valence-electron chi connectivity index (χ4n) is 2.02. The largest absolute Gasteiger partial charge is 0.478 e. The number of furan rings is 1. The highest BCUT2D eigenvalue weighted by atomic mass is 16.4. The van der Waals surface area contributed by atoms with Gasteiger partial charge in [0.2, 0.25) is 0 Å². The summed E-state index contributed by atoms with van der Waals surface area (Å²) in [5.41, 5.74) is 2.66.